The van der Waals surface area contributed by atoms with Gasteiger partial charge in [0.05, 0.1) is 11.3 Å². The molecule has 1 aromatic heterocycles. The third kappa shape index (κ3) is 3.51. The summed E-state index contributed by atoms with van der Waals surface area (Å²) >= 11 is 1.08. The second-order valence-electron chi connectivity index (χ2n) is 3.88. The predicted molar refractivity (Wildman–Crippen MR) is 71.0 cm³/mol. The molecule has 0 aliphatic carbocycles. The van der Waals surface area contributed by atoms with Gasteiger partial charge in [-0.25, -0.2) is 9.37 Å². The van der Waals surface area contributed by atoms with Gasteiger partial charge in [-0.05, 0) is 19.1 Å². The quantitative estimate of drug-likeness (QED) is 0.529. The Balaban J connectivity index is 2.09. The maximum absolute atomic E-state index is 13.4. The molecule has 4 nitrogen and oxygen atoms in total. The van der Waals surface area contributed by atoms with Crippen LogP contribution in [0.25, 0.3) is 0 Å². The number of nitrogens with one attached hydrogen (secondary N) is 1. The summed E-state index contributed by atoms with van der Waals surface area (Å²) in [5, 5.41) is 0.356. The lowest BCUT2D eigenvalue weighted by atomic mass is 10.1. The molecule has 2 rings (SSSR count). The van der Waals surface area contributed by atoms with Crippen LogP contribution in [0.5, 0.6) is 0 Å². The van der Waals surface area contributed by atoms with Crippen LogP contribution < -0.4 is 5.56 Å². The first kappa shape index (κ1) is 13.5. The van der Waals surface area contributed by atoms with Crippen LogP contribution in [0.4, 0.5) is 4.39 Å². The SMILES string of the molecule is Cc1cc(=O)[nH]c(SCC(=O)c2ccccc2F)n1. The normalized spacial score (nSPS) is 10.4. The molecule has 19 heavy (non-hydrogen) atoms. The average molecular weight is 278 g/mol. The summed E-state index contributed by atoms with van der Waals surface area (Å²) in [6, 6.07) is 7.17. The van der Waals surface area contributed by atoms with E-state index < -0.39 is 5.82 Å². The van der Waals surface area contributed by atoms with Gasteiger partial charge in [0.2, 0.25) is 0 Å². The maximum Gasteiger partial charge on any atom is 0.251 e. The molecule has 0 saturated carbocycles. The number of hydrogen-bond acceptors (Lipinski definition) is 4. The fraction of sp³-hybridized carbons (Fsp3) is 0.154. The number of carbonyl (C=O) groups is 1. The molecule has 0 aliphatic rings. The first-order chi connectivity index (χ1) is 9.06. The summed E-state index contributed by atoms with van der Waals surface area (Å²) in [5.74, 6) is -0.862. The zero-order chi connectivity index (χ0) is 13.8. The molecule has 0 aliphatic heterocycles. The number of ketones is 1. The molecule has 1 aromatic carbocycles. The number of Topliss-reactive ketones (excluding diaryl/α,β-unsaturated/α-hetero) is 1. The smallest absolute Gasteiger partial charge is 0.251 e. The number of nitrogens with zero attached hydrogens (tertiary/aromatic N) is 1. The van der Waals surface area contributed by atoms with E-state index in [9.17, 15) is 14.0 Å². The van der Waals surface area contributed by atoms with Crippen molar-refractivity contribution in [2.45, 2.75) is 12.1 Å². The van der Waals surface area contributed by atoms with Gasteiger partial charge in [0.25, 0.3) is 5.56 Å². The van der Waals surface area contributed by atoms with E-state index in [4.69, 9.17) is 0 Å². The number of hydrogen-bond donors (Lipinski definition) is 1. The van der Waals surface area contributed by atoms with Crippen molar-refractivity contribution >= 4 is 17.5 Å². The third-order valence-electron chi connectivity index (χ3n) is 2.36. The summed E-state index contributed by atoms with van der Waals surface area (Å²) in [5.41, 5.74) is 0.350. The van der Waals surface area contributed by atoms with E-state index in [0.717, 1.165) is 11.8 Å². The van der Waals surface area contributed by atoms with Gasteiger partial charge in [-0.15, -0.1) is 0 Å². The van der Waals surface area contributed by atoms with Gasteiger partial charge in [-0.1, -0.05) is 23.9 Å². The van der Waals surface area contributed by atoms with Crippen LogP contribution in [0.15, 0.2) is 40.3 Å². The van der Waals surface area contributed by atoms with Crippen molar-refractivity contribution in [3.63, 3.8) is 0 Å². The Bertz CT molecular complexity index is 670. The number of benzene rings is 1. The highest BCUT2D eigenvalue weighted by Crippen LogP contribution is 2.15. The van der Waals surface area contributed by atoms with Crippen LogP contribution >= 0.6 is 11.8 Å². The van der Waals surface area contributed by atoms with Gasteiger partial charge in [-0.3, -0.25) is 9.59 Å². The van der Waals surface area contributed by atoms with Gasteiger partial charge in [0, 0.05) is 11.8 Å². The minimum atomic E-state index is -0.543. The highest BCUT2D eigenvalue weighted by Gasteiger charge is 2.12. The van der Waals surface area contributed by atoms with Crippen LogP contribution in [0.2, 0.25) is 0 Å². The van der Waals surface area contributed by atoms with Gasteiger partial charge in [0.1, 0.15) is 5.82 Å². The number of H-pyrrole nitrogens is 1. The van der Waals surface area contributed by atoms with Crippen molar-refractivity contribution in [2.75, 3.05) is 5.75 Å². The van der Waals surface area contributed by atoms with Gasteiger partial charge < -0.3 is 4.98 Å². The molecule has 6 heteroatoms. The second-order valence-corrected chi connectivity index (χ2v) is 4.85. The fourth-order valence-electron chi connectivity index (χ4n) is 1.52. The van der Waals surface area contributed by atoms with Crippen LogP contribution in [0.1, 0.15) is 16.1 Å². The summed E-state index contributed by atoms with van der Waals surface area (Å²) in [6.45, 7) is 1.69. The topological polar surface area (TPSA) is 62.8 Å². The standard InChI is InChI=1S/C13H11FN2O2S/c1-8-6-12(18)16-13(15-8)19-7-11(17)9-4-2-3-5-10(9)14/h2-6H,7H2,1H3,(H,15,16,18). The Morgan fingerprint density at radius 2 is 2.16 bits per heavy atom. The van der Waals surface area contributed by atoms with Crippen molar-refractivity contribution in [3.8, 4) is 0 Å². The van der Waals surface area contributed by atoms with E-state index in [-0.39, 0.29) is 22.7 Å². The molecular weight excluding hydrogens is 267 g/mol. The Morgan fingerprint density at radius 3 is 2.84 bits per heavy atom. The molecule has 0 saturated heterocycles. The van der Waals surface area contributed by atoms with Crippen molar-refractivity contribution < 1.29 is 9.18 Å². The van der Waals surface area contributed by atoms with E-state index in [1.54, 1.807) is 13.0 Å². The molecule has 0 atom stereocenters. The van der Waals surface area contributed by atoms with E-state index >= 15 is 0 Å². The largest absolute Gasteiger partial charge is 0.301 e. The van der Waals surface area contributed by atoms with Crippen molar-refractivity contribution in [3.05, 3.63) is 57.8 Å². The molecule has 0 radical (unpaired) electrons. The van der Waals surface area contributed by atoms with Crippen molar-refractivity contribution in [2.24, 2.45) is 0 Å². The Morgan fingerprint density at radius 1 is 1.42 bits per heavy atom. The van der Waals surface area contributed by atoms with E-state index in [1.807, 2.05) is 0 Å². The zero-order valence-corrected chi connectivity index (χ0v) is 11.0. The number of halogens is 1. The zero-order valence-electron chi connectivity index (χ0n) is 10.1. The van der Waals surface area contributed by atoms with Crippen LogP contribution in [-0.2, 0) is 0 Å². The first-order valence-electron chi connectivity index (χ1n) is 5.55. The van der Waals surface area contributed by atoms with E-state index in [1.165, 1.54) is 24.3 Å². The predicted octanol–water partition coefficient (Wildman–Crippen LogP) is 2.19. The Labute approximate surface area is 113 Å². The second kappa shape index (κ2) is 5.79. The number of rotatable bonds is 4. The van der Waals surface area contributed by atoms with Crippen molar-refractivity contribution in [1.82, 2.24) is 9.97 Å². The van der Waals surface area contributed by atoms with E-state index in [0.29, 0.717) is 10.9 Å². The van der Waals surface area contributed by atoms with Crippen molar-refractivity contribution in [1.29, 1.82) is 0 Å². The lowest BCUT2D eigenvalue weighted by molar-refractivity contribution is 0.101. The third-order valence-corrected chi connectivity index (χ3v) is 3.24. The molecule has 98 valence electrons. The van der Waals surface area contributed by atoms with E-state index in [2.05, 4.69) is 9.97 Å². The molecule has 0 spiro atoms. The fourth-order valence-corrected chi connectivity index (χ4v) is 2.32. The molecule has 1 heterocycles. The lowest BCUT2D eigenvalue weighted by Crippen LogP contribution is -2.10. The summed E-state index contributed by atoms with van der Waals surface area (Å²) in [4.78, 5) is 29.7. The van der Waals surface area contributed by atoms with Gasteiger partial charge in [0.15, 0.2) is 10.9 Å². The molecular formula is C13H11FN2O2S. The molecule has 0 fully saturated rings. The summed E-state index contributed by atoms with van der Waals surface area (Å²) in [6.07, 6.45) is 0. The van der Waals surface area contributed by atoms with Crippen LogP contribution in [0.3, 0.4) is 0 Å². The van der Waals surface area contributed by atoms with Crippen LogP contribution in [-0.4, -0.2) is 21.5 Å². The maximum atomic E-state index is 13.4. The Hall–Kier alpha value is -1.95. The Kier molecular flexibility index (Phi) is 4.11. The number of aryl methyl sites for hydroxylation is 1. The number of carbonyl (C=O) groups excluding carboxylic acids is 1. The minimum Gasteiger partial charge on any atom is -0.301 e. The molecule has 0 bridgehead atoms. The minimum absolute atomic E-state index is 0.0212. The summed E-state index contributed by atoms with van der Waals surface area (Å²) < 4.78 is 13.4. The summed E-state index contributed by atoms with van der Waals surface area (Å²) in [7, 11) is 0. The average Bonchev–Trinajstić information content (AvgIpc) is 2.35. The highest BCUT2D eigenvalue weighted by atomic mass is 32.2. The molecule has 0 unspecified atom stereocenters. The molecule has 1 N–H and O–H groups in total. The molecule has 0 amide bonds. The number of aromatic nitrogens is 2. The van der Waals surface area contributed by atoms with Crippen LogP contribution in [0, 0.1) is 12.7 Å². The highest BCUT2D eigenvalue weighted by molar-refractivity contribution is 7.99. The number of aromatic amines is 1. The molecule has 2 aromatic rings. The van der Waals surface area contributed by atoms with Gasteiger partial charge in [-0.2, -0.15) is 0 Å². The number of thioether (sulfide) groups is 1. The lowest BCUT2D eigenvalue weighted by Gasteiger charge is -2.02. The monoisotopic (exact) mass is 278 g/mol. The van der Waals surface area contributed by atoms with Gasteiger partial charge >= 0.3 is 0 Å². The first-order valence-corrected chi connectivity index (χ1v) is 6.53.